The molecule has 4 rings (SSSR count). The summed E-state index contributed by atoms with van der Waals surface area (Å²) in [5.74, 6) is -7.43. The normalized spacial score (nSPS) is 37.6. The molecular formula is C64H105N7O19. The zero-order valence-electron chi connectivity index (χ0n) is 52.6. The summed E-state index contributed by atoms with van der Waals surface area (Å²) in [6, 6.07) is -1.59. The summed E-state index contributed by atoms with van der Waals surface area (Å²) in [5, 5.41) is 135. The Kier molecular flexibility index (Phi) is 34.3. The number of hydrogen-bond acceptors (Lipinski definition) is 21. The first-order valence-electron chi connectivity index (χ1n) is 31.8. The van der Waals surface area contributed by atoms with Gasteiger partial charge in [0.2, 0.25) is 11.8 Å². The highest BCUT2D eigenvalue weighted by molar-refractivity contribution is 5.81. The molecule has 0 aromatic carbocycles. The van der Waals surface area contributed by atoms with Crippen LogP contribution in [0.1, 0.15) is 124 Å². The highest BCUT2D eigenvalue weighted by Crippen LogP contribution is 2.39. The van der Waals surface area contributed by atoms with Crippen molar-refractivity contribution in [2.45, 2.75) is 228 Å². The second kappa shape index (κ2) is 40.0. The quantitative estimate of drug-likeness (QED) is 0.0434. The molecule has 20 atom stereocenters. The zero-order chi connectivity index (χ0) is 66.5. The van der Waals surface area contributed by atoms with Gasteiger partial charge in [0, 0.05) is 83.2 Å². The maximum atomic E-state index is 13.3. The number of aliphatic hydroxyl groups excluding tert-OH is 9. The molecule has 0 radical (unpaired) electrons. The number of piperazine rings is 1. The Balaban J connectivity index is 1.47. The van der Waals surface area contributed by atoms with Gasteiger partial charge in [0.1, 0.15) is 18.1 Å². The monoisotopic (exact) mass is 1280 g/mol. The van der Waals surface area contributed by atoms with E-state index in [1.54, 1.807) is 105 Å². The summed E-state index contributed by atoms with van der Waals surface area (Å²) in [6.45, 7) is 8.95. The molecule has 18 N–H and O–H groups in total. The van der Waals surface area contributed by atoms with Gasteiger partial charge in [-0.1, -0.05) is 105 Å². The number of carbonyl (C=O) groups is 4. The number of hydrogen-bond donors (Lipinski definition) is 16. The van der Waals surface area contributed by atoms with Crippen LogP contribution in [0, 0.1) is 23.2 Å². The number of guanidine groups is 1. The van der Waals surface area contributed by atoms with Gasteiger partial charge < -0.3 is 102 Å². The number of aliphatic carboxylic acids is 1. The molecule has 26 heteroatoms. The van der Waals surface area contributed by atoms with Crippen LogP contribution in [0.2, 0.25) is 0 Å². The Labute approximate surface area is 529 Å². The van der Waals surface area contributed by atoms with Crippen LogP contribution in [-0.2, 0) is 38.1 Å². The van der Waals surface area contributed by atoms with Crippen LogP contribution in [-0.4, -0.2) is 238 Å². The standard InChI is InChI=1S/C64H105N7O19/c1-40-22-16-13-11-9-7-5-6-8-10-12-14-17-23-47(89-62-59(82)56(58(81)43(4)88-62)71-32-30-70(31-33-71)53(78)25-18-15-20-28-68-60(83)48(65)24-19-21-29-69-63(66)67)37-52-55(61(84)85)51(77)39-64(86,90-52)38-46(74)35-50(76)49(75)27-26-44(72)34-45(73)36-54(79)87-42(3)41(2)57(40)80/h5-14,16-17,22-23,40-52,55-59,62,72-77,80-82,86H,15,18-21,24-39,65H2,1-4H3,(H,68,83)(H,84,85)(H4,66,67,69)/b6-5+,9-7+,10-8+,13-11+,14-12+,22-16+,23-17+/t40-,41-,42-,43+,44+,45+,46-,47-,48?,49+,50+,51-,52?,55+,56-,57+,58+,59-,62-,64+/m0/s1. The number of carboxylic acid groups (broad SMARTS) is 1. The van der Waals surface area contributed by atoms with E-state index in [1.165, 1.54) is 0 Å². The van der Waals surface area contributed by atoms with Crippen molar-refractivity contribution < 1.29 is 94.3 Å². The molecule has 0 saturated carbocycles. The molecule has 26 nitrogen and oxygen atoms in total. The Hall–Kier alpha value is -5.27. The molecule has 4 aliphatic rings. The average molecular weight is 1280 g/mol. The van der Waals surface area contributed by atoms with Gasteiger partial charge in [-0.25, -0.2) is 0 Å². The van der Waals surface area contributed by atoms with Crippen LogP contribution >= 0.6 is 0 Å². The first-order valence-corrected chi connectivity index (χ1v) is 31.8. The van der Waals surface area contributed by atoms with E-state index in [4.69, 9.17) is 35.8 Å². The summed E-state index contributed by atoms with van der Waals surface area (Å²) in [4.78, 5) is 54.9. The lowest BCUT2D eigenvalue weighted by Gasteiger charge is -2.49. The number of amides is 2. The van der Waals surface area contributed by atoms with E-state index in [2.05, 4.69) is 10.6 Å². The maximum Gasteiger partial charge on any atom is 0.311 e. The number of unbranched alkanes of at least 4 members (excludes halogenated alkanes) is 3. The van der Waals surface area contributed by atoms with E-state index in [0.29, 0.717) is 71.4 Å². The number of nitrogens with one attached hydrogen (secondary N) is 3. The molecule has 0 aliphatic carbocycles. The number of allylic oxidation sites excluding steroid dienone is 12. The summed E-state index contributed by atoms with van der Waals surface area (Å²) in [5.41, 5.74) is 11.3. The lowest BCUT2D eigenvalue weighted by molar-refractivity contribution is -0.312. The molecule has 4 aliphatic heterocycles. The number of fused-ring (bicyclic) bond motifs is 2. The lowest BCUT2D eigenvalue weighted by Crippen LogP contribution is -2.66. The van der Waals surface area contributed by atoms with Crippen molar-refractivity contribution in [3.8, 4) is 0 Å². The van der Waals surface area contributed by atoms with Crippen molar-refractivity contribution in [1.29, 1.82) is 5.41 Å². The molecule has 4 heterocycles. The molecule has 510 valence electrons. The third-order valence-electron chi connectivity index (χ3n) is 17.0. The van der Waals surface area contributed by atoms with Crippen molar-refractivity contribution in [2.75, 3.05) is 39.3 Å². The van der Waals surface area contributed by atoms with Gasteiger partial charge in [-0.2, -0.15) is 0 Å². The molecule has 0 aromatic heterocycles. The van der Waals surface area contributed by atoms with Gasteiger partial charge in [0.15, 0.2) is 18.0 Å². The van der Waals surface area contributed by atoms with Gasteiger partial charge in [0.05, 0.1) is 85.6 Å². The van der Waals surface area contributed by atoms with Gasteiger partial charge in [-0.05, 0) is 65.2 Å². The topological polar surface area (TPSA) is 434 Å². The molecule has 0 spiro atoms. The first-order chi connectivity index (χ1) is 42.7. The third kappa shape index (κ3) is 27.1. The lowest BCUT2D eigenvalue weighted by atomic mass is 9.82. The predicted molar refractivity (Wildman–Crippen MR) is 334 cm³/mol. The predicted octanol–water partition coefficient (Wildman–Crippen LogP) is 0.554. The number of nitrogens with zero attached hydrogens (tertiary/aromatic N) is 2. The highest BCUT2D eigenvalue weighted by Gasteiger charge is 2.52. The molecule has 90 heavy (non-hydrogen) atoms. The number of aliphatic hydroxyl groups is 10. The second-order valence-electron chi connectivity index (χ2n) is 24.4. The van der Waals surface area contributed by atoms with Crippen LogP contribution in [0.5, 0.6) is 0 Å². The molecule has 2 bridgehead atoms. The Bertz CT molecular complexity index is 2400. The Morgan fingerprint density at radius 2 is 1.29 bits per heavy atom. The van der Waals surface area contributed by atoms with Gasteiger partial charge >= 0.3 is 11.9 Å². The summed E-state index contributed by atoms with van der Waals surface area (Å²) < 4.78 is 24.1. The van der Waals surface area contributed by atoms with Crippen LogP contribution in [0.4, 0.5) is 0 Å². The number of carbonyl (C=O) groups excluding carboxylic acids is 3. The highest BCUT2D eigenvalue weighted by atomic mass is 16.7. The summed E-state index contributed by atoms with van der Waals surface area (Å²) >= 11 is 0. The number of ether oxygens (including phenoxy) is 4. The van der Waals surface area contributed by atoms with Gasteiger partial charge in [-0.3, -0.25) is 29.5 Å². The van der Waals surface area contributed by atoms with Crippen molar-refractivity contribution in [3.63, 3.8) is 0 Å². The number of esters is 1. The van der Waals surface area contributed by atoms with Crippen molar-refractivity contribution in [2.24, 2.45) is 29.2 Å². The Morgan fingerprint density at radius 1 is 0.689 bits per heavy atom. The smallest absolute Gasteiger partial charge is 0.311 e. The minimum atomic E-state index is -2.38. The van der Waals surface area contributed by atoms with Gasteiger partial charge in [-0.15, -0.1) is 0 Å². The van der Waals surface area contributed by atoms with Crippen LogP contribution in [0.3, 0.4) is 0 Å². The van der Waals surface area contributed by atoms with Crippen LogP contribution < -0.4 is 22.1 Å². The van der Waals surface area contributed by atoms with E-state index in [1.807, 2.05) is 17.9 Å². The van der Waals surface area contributed by atoms with E-state index in [-0.39, 0.29) is 55.8 Å². The molecule has 2 amide bonds. The summed E-state index contributed by atoms with van der Waals surface area (Å²) in [6.07, 6.45) is 6.98. The maximum absolute atomic E-state index is 13.3. The average Bonchev–Trinajstić information content (AvgIpc) is 0.854. The van der Waals surface area contributed by atoms with E-state index in [0.717, 1.165) is 6.42 Å². The first kappa shape index (κ1) is 77.2. The fourth-order valence-electron chi connectivity index (χ4n) is 11.5. The molecule has 2 unspecified atom stereocenters. The van der Waals surface area contributed by atoms with E-state index >= 15 is 0 Å². The largest absolute Gasteiger partial charge is 0.481 e. The zero-order valence-corrected chi connectivity index (χ0v) is 52.6. The van der Waals surface area contributed by atoms with Crippen molar-refractivity contribution >= 4 is 29.7 Å². The number of nitrogens with two attached hydrogens (primary N) is 2. The van der Waals surface area contributed by atoms with Crippen LogP contribution in [0.15, 0.2) is 85.1 Å². The van der Waals surface area contributed by atoms with Crippen molar-refractivity contribution in [3.05, 3.63) is 85.1 Å². The molecular weight excluding hydrogens is 1170 g/mol. The second-order valence-corrected chi connectivity index (χ2v) is 24.4. The van der Waals surface area contributed by atoms with Gasteiger partial charge in [0.25, 0.3) is 0 Å². The Morgan fingerprint density at radius 3 is 1.91 bits per heavy atom. The van der Waals surface area contributed by atoms with E-state index in [9.17, 15) is 75.3 Å². The van der Waals surface area contributed by atoms with Crippen molar-refractivity contribution in [1.82, 2.24) is 20.4 Å². The number of rotatable bonds is 16. The number of cyclic esters (lactones) is 1. The molecule has 3 saturated heterocycles. The SMILES string of the molecule is C[C@@H]1[C@H](O)[C@@H](C)/C=C/C=C/C=C/C=C/C=C/C=C/C=C/[C@H](O[C@@H]2O[C@H](C)[C@@H](O)[C@H](N3CCN(C(=O)CCCCCNC(=O)C(N)CCCCNC(=N)N)CC3)[C@@H]2O)CC2O[C@](O)(C[C@@H](O)C[C@@H](O)[C@H](O)CC[C@@H](O)C[C@@H](O)CC(=O)O[C@H]1C)C[C@H](O)[C@H]2C(=O)O. The summed E-state index contributed by atoms with van der Waals surface area (Å²) in [7, 11) is 0. The fraction of sp³-hybridized carbons (Fsp3) is 0.703. The minimum absolute atomic E-state index is 0.0562. The van der Waals surface area contributed by atoms with Crippen LogP contribution in [0.25, 0.3) is 0 Å². The van der Waals surface area contributed by atoms with E-state index < -0.39 is 153 Å². The third-order valence-corrected chi connectivity index (χ3v) is 17.0. The molecule has 3 fully saturated rings. The molecule has 0 aromatic rings. The fourth-order valence-corrected chi connectivity index (χ4v) is 11.5. The minimum Gasteiger partial charge on any atom is -0.481 e. The number of carboxylic acids is 1.